The minimum absolute atomic E-state index is 0.434. The van der Waals surface area contributed by atoms with Gasteiger partial charge < -0.3 is 0 Å². The molecule has 21 heavy (non-hydrogen) atoms. The van der Waals surface area contributed by atoms with Crippen LogP contribution in [0.1, 0.15) is 20.7 Å². The van der Waals surface area contributed by atoms with Crippen LogP contribution in [0.2, 0.25) is 0 Å². The molecule has 0 amide bonds. The van der Waals surface area contributed by atoms with E-state index in [-0.39, 0.29) is 0 Å². The van der Waals surface area contributed by atoms with Crippen LogP contribution in [0.25, 0.3) is 22.3 Å². The van der Waals surface area contributed by atoms with Crippen LogP contribution in [0.3, 0.4) is 0 Å². The molecule has 2 aromatic carbocycles. The number of fused-ring (bicyclic) bond motifs is 3. The zero-order valence-corrected chi connectivity index (χ0v) is 11.7. The number of carbonyl (C=O) groups is 2. The van der Waals surface area contributed by atoms with Crippen molar-refractivity contribution in [2.24, 2.45) is 0 Å². The molecule has 4 rings (SSSR count). The monoisotopic (exact) mass is 288 g/mol. The standard InChI is InChI=1S/C18H8O2S/c19-17-15-4-2-1-3-13(15)14-6-5-11(9-16(14)18(17)20)12-7-8-21-10-12/h1-7,9H. The molecule has 0 unspecified atom stereocenters. The lowest BCUT2D eigenvalue weighted by molar-refractivity contribution is 0.0815. The number of benzene rings is 2. The van der Waals surface area contributed by atoms with E-state index in [0.29, 0.717) is 11.1 Å². The largest absolute Gasteiger partial charge is 0.285 e. The van der Waals surface area contributed by atoms with Gasteiger partial charge in [0.1, 0.15) is 0 Å². The SMILES string of the molecule is O=C1C(=O)c2cc(-c3[c]s[c]c3)ccc2-c2ccccc21. The van der Waals surface area contributed by atoms with Crippen molar-refractivity contribution in [2.75, 3.05) is 0 Å². The molecule has 1 heterocycles. The number of Topliss-reactive ketones (excluding diaryl/α,β-unsaturated/α-hetero) is 2. The summed E-state index contributed by atoms with van der Waals surface area (Å²) in [5.74, 6) is -0.874. The van der Waals surface area contributed by atoms with Gasteiger partial charge in [-0.3, -0.25) is 9.59 Å². The minimum Gasteiger partial charge on any atom is -0.285 e. The molecule has 0 atom stereocenters. The molecule has 0 saturated heterocycles. The highest BCUT2D eigenvalue weighted by Gasteiger charge is 2.30. The molecule has 0 fully saturated rings. The number of ketones is 2. The topological polar surface area (TPSA) is 34.1 Å². The summed E-state index contributed by atoms with van der Waals surface area (Å²) in [6, 6.07) is 14.7. The number of hydrogen-bond acceptors (Lipinski definition) is 3. The van der Waals surface area contributed by atoms with E-state index < -0.39 is 11.6 Å². The van der Waals surface area contributed by atoms with Crippen LogP contribution in [-0.2, 0) is 0 Å². The Morgan fingerprint density at radius 1 is 0.810 bits per heavy atom. The molecule has 0 aliphatic heterocycles. The first-order valence-electron chi connectivity index (χ1n) is 6.46. The summed E-state index contributed by atoms with van der Waals surface area (Å²) in [5.41, 5.74) is 4.37. The van der Waals surface area contributed by atoms with E-state index in [4.69, 9.17) is 0 Å². The number of rotatable bonds is 1. The first kappa shape index (κ1) is 12.2. The molecule has 2 radical (unpaired) electrons. The quantitative estimate of drug-likeness (QED) is 0.633. The maximum Gasteiger partial charge on any atom is 0.234 e. The third-order valence-electron chi connectivity index (χ3n) is 3.67. The average Bonchev–Trinajstić information content (AvgIpc) is 3.06. The molecule has 3 heteroatoms. The molecule has 0 bridgehead atoms. The molecule has 2 nitrogen and oxygen atoms in total. The second-order valence-electron chi connectivity index (χ2n) is 4.84. The molecule has 1 aromatic heterocycles. The molecule has 98 valence electrons. The Balaban J connectivity index is 1.98. The van der Waals surface area contributed by atoms with Crippen molar-refractivity contribution in [3.63, 3.8) is 0 Å². The highest BCUT2D eigenvalue weighted by molar-refractivity contribution is 7.07. The molecule has 0 saturated carbocycles. The van der Waals surface area contributed by atoms with Gasteiger partial charge in [0.2, 0.25) is 11.6 Å². The molecule has 1 aliphatic carbocycles. The lowest BCUT2D eigenvalue weighted by Gasteiger charge is -2.18. The van der Waals surface area contributed by atoms with E-state index in [1.165, 1.54) is 11.3 Å². The fourth-order valence-corrected chi connectivity index (χ4v) is 3.16. The summed E-state index contributed by atoms with van der Waals surface area (Å²) >= 11 is 1.36. The number of thiophene rings is 1. The van der Waals surface area contributed by atoms with Gasteiger partial charge in [0.15, 0.2) is 0 Å². The molecule has 1 aliphatic rings. The normalized spacial score (nSPS) is 13.0. The van der Waals surface area contributed by atoms with Crippen LogP contribution in [0.4, 0.5) is 0 Å². The van der Waals surface area contributed by atoms with Crippen LogP contribution in [-0.4, -0.2) is 11.6 Å². The molecule has 0 N–H and O–H groups in total. The summed E-state index contributed by atoms with van der Waals surface area (Å²) in [6.45, 7) is 0. The van der Waals surface area contributed by atoms with Gasteiger partial charge in [-0.05, 0) is 28.8 Å². The van der Waals surface area contributed by atoms with Crippen LogP contribution < -0.4 is 0 Å². The third kappa shape index (κ3) is 1.78. The summed E-state index contributed by atoms with van der Waals surface area (Å²) < 4.78 is 0. The first-order chi connectivity index (χ1) is 10.3. The molecular weight excluding hydrogens is 280 g/mol. The smallest absolute Gasteiger partial charge is 0.234 e. The van der Waals surface area contributed by atoms with Gasteiger partial charge in [-0.1, -0.05) is 36.4 Å². The van der Waals surface area contributed by atoms with E-state index >= 15 is 0 Å². The minimum atomic E-state index is -0.440. The lowest BCUT2D eigenvalue weighted by Crippen LogP contribution is -2.21. The first-order valence-corrected chi connectivity index (χ1v) is 7.28. The highest BCUT2D eigenvalue weighted by atomic mass is 32.1. The zero-order valence-electron chi connectivity index (χ0n) is 10.8. The van der Waals surface area contributed by atoms with Crippen molar-refractivity contribution in [1.29, 1.82) is 0 Å². The van der Waals surface area contributed by atoms with Gasteiger partial charge in [-0.25, -0.2) is 0 Å². The van der Waals surface area contributed by atoms with Crippen molar-refractivity contribution >= 4 is 22.9 Å². The van der Waals surface area contributed by atoms with Crippen LogP contribution in [0, 0.1) is 10.8 Å². The van der Waals surface area contributed by atoms with Crippen molar-refractivity contribution in [1.82, 2.24) is 0 Å². The van der Waals surface area contributed by atoms with Gasteiger partial charge in [-0.2, -0.15) is 0 Å². The lowest BCUT2D eigenvalue weighted by atomic mass is 9.83. The second-order valence-corrected chi connectivity index (χ2v) is 5.49. The van der Waals surface area contributed by atoms with Crippen molar-refractivity contribution in [2.45, 2.75) is 0 Å². The van der Waals surface area contributed by atoms with Gasteiger partial charge in [0, 0.05) is 22.1 Å². The van der Waals surface area contributed by atoms with Gasteiger partial charge >= 0.3 is 0 Å². The fourth-order valence-electron chi connectivity index (χ4n) is 2.64. The average molecular weight is 288 g/mol. The Hall–Kier alpha value is -2.52. The van der Waals surface area contributed by atoms with Crippen LogP contribution >= 0.6 is 11.3 Å². The maximum atomic E-state index is 12.3. The summed E-state index contributed by atoms with van der Waals surface area (Å²) in [7, 11) is 0. The van der Waals surface area contributed by atoms with Crippen LogP contribution in [0.15, 0.2) is 48.5 Å². The van der Waals surface area contributed by atoms with Crippen molar-refractivity contribution < 1.29 is 9.59 Å². The van der Waals surface area contributed by atoms with Crippen molar-refractivity contribution in [3.05, 3.63) is 70.4 Å². The summed E-state index contributed by atoms with van der Waals surface area (Å²) in [6.07, 6.45) is 0. The highest BCUT2D eigenvalue weighted by Crippen LogP contribution is 2.35. The van der Waals surface area contributed by atoms with E-state index in [0.717, 1.165) is 22.3 Å². The Kier molecular flexibility index (Phi) is 2.62. The van der Waals surface area contributed by atoms with E-state index in [9.17, 15) is 9.59 Å². The van der Waals surface area contributed by atoms with Gasteiger partial charge in [0.05, 0.1) is 5.38 Å². The molecular formula is C18H8O2S. The number of hydrogen-bond donors (Lipinski definition) is 0. The third-order valence-corrected chi connectivity index (χ3v) is 4.22. The van der Waals surface area contributed by atoms with Crippen molar-refractivity contribution in [3.8, 4) is 22.3 Å². The number of carbonyl (C=O) groups excluding carboxylic acids is 2. The predicted molar refractivity (Wildman–Crippen MR) is 81.5 cm³/mol. The summed E-state index contributed by atoms with van der Waals surface area (Å²) in [4.78, 5) is 24.6. The second kappa shape index (κ2) is 4.50. The molecule has 3 aromatic rings. The van der Waals surface area contributed by atoms with E-state index in [1.54, 1.807) is 18.2 Å². The van der Waals surface area contributed by atoms with Gasteiger partial charge in [0.25, 0.3) is 0 Å². The van der Waals surface area contributed by atoms with Gasteiger partial charge in [-0.15, -0.1) is 11.3 Å². The van der Waals surface area contributed by atoms with E-state index in [2.05, 4.69) is 10.8 Å². The fraction of sp³-hybridized carbons (Fsp3) is 0. The maximum absolute atomic E-state index is 12.3. The van der Waals surface area contributed by atoms with E-state index in [1.807, 2.05) is 30.3 Å². The Morgan fingerprint density at radius 3 is 2.29 bits per heavy atom. The predicted octanol–water partition coefficient (Wildman–Crippen LogP) is 4.06. The summed E-state index contributed by atoms with van der Waals surface area (Å²) in [5, 5.41) is 6.07. The Labute approximate surface area is 125 Å². The van der Waals surface area contributed by atoms with Crippen LogP contribution in [0.5, 0.6) is 0 Å². The Bertz CT molecular complexity index is 876. The zero-order chi connectivity index (χ0) is 14.4. The Morgan fingerprint density at radius 2 is 1.52 bits per heavy atom. The molecule has 0 spiro atoms.